The molecule has 1 saturated heterocycles. The summed E-state index contributed by atoms with van der Waals surface area (Å²) < 4.78 is 0. The van der Waals surface area contributed by atoms with E-state index in [0.717, 1.165) is 23.2 Å². The summed E-state index contributed by atoms with van der Waals surface area (Å²) in [6, 6.07) is 7.40. The Bertz CT molecular complexity index is 833. The van der Waals surface area contributed by atoms with Gasteiger partial charge < -0.3 is 14.8 Å². The predicted molar refractivity (Wildman–Crippen MR) is 107 cm³/mol. The highest BCUT2D eigenvalue weighted by Crippen LogP contribution is 2.29. The summed E-state index contributed by atoms with van der Waals surface area (Å²) in [6.45, 7) is 2.43. The quantitative estimate of drug-likeness (QED) is 0.859. The van der Waals surface area contributed by atoms with Crippen LogP contribution in [0.25, 0.3) is 10.9 Å². The highest BCUT2D eigenvalue weighted by Gasteiger charge is 2.26. The molecule has 144 valence electrons. The maximum absolute atomic E-state index is 12.8. The first kappa shape index (κ1) is 18.4. The standard InChI is InChI=1S/C21H26ClN3O2/c22-17-6-7-18-16(13-17)14-19(23-18)21(27)25-11-9-24(10-12-25)20(26)8-5-15-3-1-2-4-15/h6-7,13-15,23H,1-5,8-12H2. The van der Waals surface area contributed by atoms with Crippen LogP contribution in [0.15, 0.2) is 24.3 Å². The molecular formula is C21H26ClN3O2. The summed E-state index contributed by atoms with van der Waals surface area (Å²) in [6.07, 6.45) is 6.88. The van der Waals surface area contributed by atoms with Crippen LogP contribution in [-0.2, 0) is 4.79 Å². The lowest BCUT2D eigenvalue weighted by Crippen LogP contribution is -2.50. The molecule has 2 fully saturated rings. The molecule has 0 atom stereocenters. The molecule has 2 aliphatic rings. The van der Waals surface area contributed by atoms with Crippen molar-refractivity contribution in [1.29, 1.82) is 0 Å². The van der Waals surface area contributed by atoms with Gasteiger partial charge in [0.15, 0.2) is 0 Å². The smallest absolute Gasteiger partial charge is 0.270 e. The zero-order valence-electron chi connectivity index (χ0n) is 15.5. The number of nitrogens with one attached hydrogen (secondary N) is 1. The van der Waals surface area contributed by atoms with Gasteiger partial charge in [0.2, 0.25) is 5.91 Å². The molecule has 0 bridgehead atoms. The molecule has 1 aliphatic heterocycles. The number of nitrogens with zero attached hydrogens (tertiary/aromatic N) is 2. The van der Waals surface area contributed by atoms with Gasteiger partial charge in [0.05, 0.1) is 0 Å². The van der Waals surface area contributed by atoms with Crippen molar-refractivity contribution in [2.75, 3.05) is 26.2 Å². The highest BCUT2D eigenvalue weighted by atomic mass is 35.5. The van der Waals surface area contributed by atoms with Crippen molar-refractivity contribution in [2.24, 2.45) is 5.92 Å². The number of aromatic amines is 1. The molecule has 2 heterocycles. The fourth-order valence-corrected chi connectivity index (χ4v) is 4.51. The molecule has 2 amide bonds. The van der Waals surface area contributed by atoms with Crippen LogP contribution in [0.2, 0.25) is 5.02 Å². The van der Waals surface area contributed by atoms with Gasteiger partial charge in [0.25, 0.3) is 5.91 Å². The Hall–Kier alpha value is -2.01. The minimum atomic E-state index is -0.0135. The SMILES string of the molecule is O=C(CCC1CCCC1)N1CCN(C(=O)c2cc3cc(Cl)ccc3[nH]2)CC1. The first-order valence-corrected chi connectivity index (χ1v) is 10.3. The predicted octanol–water partition coefficient (Wildman–Crippen LogP) is 4.08. The molecule has 1 saturated carbocycles. The zero-order chi connectivity index (χ0) is 18.8. The van der Waals surface area contributed by atoms with Crippen LogP contribution < -0.4 is 0 Å². The molecule has 5 nitrogen and oxygen atoms in total. The number of hydrogen-bond acceptors (Lipinski definition) is 2. The molecule has 4 rings (SSSR count). The number of rotatable bonds is 4. The number of fused-ring (bicyclic) bond motifs is 1. The van der Waals surface area contributed by atoms with Crippen LogP contribution in [0.3, 0.4) is 0 Å². The van der Waals surface area contributed by atoms with Gasteiger partial charge in [0.1, 0.15) is 5.69 Å². The van der Waals surface area contributed by atoms with E-state index in [9.17, 15) is 9.59 Å². The molecule has 1 N–H and O–H groups in total. The van der Waals surface area contributed by atoms with Gasteiger partial charge in [-0.2, -0.15) is 0 Å². The van der Waals surface area contributed by atoms with Crippen LogP contribution in [-0.4, -0.2) is 52.8 Å². The van der Waals surface area contributed by atoms with Crippen molar-refractivity contribution >= 4 is 34.3 Å². The largest absolute Gasteiger partial charge is 0.351 e. The second kappa shape index (κ2) is 7.93. The van der Waals surface area contributed by atoms with Crippen LogP contribution in [0.1, 0.15) is 49.0 Å². The summed E-state index contributed by atoms with van der Waals surface area (Å²) >= 11 is 6.02. The van der Waals surface area contributed by atoms with Gasteiger partial charge >= 0.3 is 0 Å². The second-order valence-corrected chi connectivity index (χ2v) is 8.21. The number of benzene rings is 1. The van der Waals surface area contributed by atoms with E-state index < -0.39 is 0 Å². The number of carbonyl (C=O) groups excluding carboxylic acids is 2. The molecule has 0 radical (unpaired) electrons. The van der Waals surface area contributed by atoms with Gasteiger partial charge in [-0.25, -0.2) is 0 Å². The van der Waals surface area contributed by atoms with Crippen molar-refractivity contribution in [3.8, 4) is 0 Å². The number of amides is 2. The van der Waals surface area contributed by atoms with E-state index >= 15 is 0 Å². The van der Waals surface area contributed by atoms with E-state index in [1.807, 2.05) is 34.1 Å². The van der Waals surface area contributed by atoms with E-state index in [2.05, 4.69) is 4.98 Å². The van der Waals surface area contributed by atoms with Gasteiger partial charge in [-0.15, -0.1) is 0 Å². The lowest BCUT2D eigenvalue weighted by atomic mass is 10.0. The molecule has 0 unspecified atom stereocenters. The van der Waals surface area contributed by atoms with E-state index in [4.69, 9.17) is 11.6 Å². The summed E-state index contributed by atoms with van der Waals surface area (Å²) in [4.78, 5) is 32.2. The lowest BCUT2D eigenvalue weighted by Gasteiger charge is -2.34. The molecule has 6 heteroatoms. The van der Waals surface area contributed by atoms with Gasteiger partial charge in [-0.05, 0) is 36.6 Å². The normalized spacial score (nSPS) is 18.4. The van der Waals surface area contributed by atoms with E-state index in [1.54, 1.807) is 0 Å². The number of piperazine rings is 1. The first-order chi connectivity index (χ1) is 13.1. The third-order valence-corrected chi connectivity index (χ3v) is 6.21. The Kier molecular flexibility index (Phi) is 5.39. The number of carbonyl (C=O) groups is 2. The Balaban J connectivity index is 1.31. The number of hydrogen-bond donors (Lipinski definition) is 1. The second-order valence-electron chi connectivity index (χ2n) is 7.78. The molecule has 2 aromatic rings. The molecule has 27 heavy (non-hydrogen) atoms. The first-order valence-electron chi connectivity index (χ1n) is 9.95. The van der Waals surface area contributed by atoms with E-state index in [1.165, 1.54) is 25.7 Å². The molecule has 1 aliphatic carbocycles. The van der Waals surface area contributed by atoms with Crippen molar-refractivity contribution < 1.29 is 9.59 Å². The average molecular weight is 388 g/mol. The average Bonchev–Trinajstić information content (AvgIpc) is 3.35. The van der Waals surface area contributed by atoms with Crippen molar-refractivity contribution in [1.82, 2.24) is 14.8 Å². The Morgan fingerprint density at radius 3 is 2.48 bits per heavy atom. The van der Waals surface area contributed by atoms with Crippen LogP contribution in [0.5, 0.6) is 0 Å². The van der Waals surface area contributed by atoms with Gasteiger partial charge in [0, 0.05) is 48.5 Å². The highest BCUT2D eigenvalue weighted by molar-refractivity contribution is 6.31. The summed E-state index contributed by atoms with van der Waals surface area (Å²) in [7, 11) is 0. The minimum Gasteiger partial charge on any atom is -0.351 e. The summed E-state index contributed by atoms with van der Waals surface area (Å²) in [5.41, 5.74) is 1.48. The third kappa shape index (κ3) is 4.13. The third-order valence-electron chi connectivity index (χ3n) is 5.97. The Morgan fingerprint density at radius 1 is 1.04 bits per heavy atom. The van der Waals surface area contributed by atoms with Crippen molar-refractivity contribution in [3.05, 3.63) is 35.0 Å². The Labute approximate surface area is 164 Å². The molecular weight excluding hydrogens is 362 g/mol. The fourth-order valence-electron chi connectivity index (χ4n) is 4.33. The minimum absolute atomic E-state index is 0.0135. The van der Waals surface area contributed by atoms with Crippen LogP contribution in [0, 0.1) is 5.92 Å². The summed E-state index contributed by atoms with van der Waals surface area (Å²) in [5, 5.41) is 1.59. The summed E-state index contributed by atoms with van der Waals surface area (Å²) in [5.74, 6) is 0.974. The van der Waals surface area contributed by atoms with Gasteiger partial charge in [-0.3, -0.25) is 9.59 Å². The van der Waals surface area contributed by atoms with Crippen molar-refractivity contribution in [3.63, 3.8) is 0 Å². The van der Waals surface area contributed by atoms with E-state index in [-0.39, 0.29) is 11.8 Å². The number of H-pyrrole nitrogens is 1. The molecule has 1 aromatic heterocycles. The van der Waals surface area contributed by atoms with E-state index in [0.29, 0.717) is 43.3 Å². The van der Waals surface area contributed by atoms with Crippen molar-refractivity contribution in [2.45, 2.75) is 38.5 Å². The fraction of sp³-hybridized carbons (Fsp3) is 0.524. The zero-order valence-corrected chi connectivity index (χ0v) is 16.3. The molecule has 1 aromatic carbocycles. The maximum Gasteiger partial charge on any atom is 0.270 e. The topological polar surface area (TPSA) is 56.4 Å². The van der Waals surface area contributed by atoms with Crippen LogP contribution >= 0.6 is 11.6 Å². The lowest BCUT2D eigenvalue weighted by molar-refractivity contribution is -0.133. The maximum atomic E-state index is 12.8. The number of halogens is 1. The Morgan fingerprint density at radius 2 is 1.74 bits per heavy atom. The monoisotopic (exact) mass is 387 g/mol. The number of aromatic nitrogens is 1. The van der Waals surface area contributed by atoms with Crippen LogP contribution in [0.4, 0.5) is 0 Å². The van der Waals surface area contributed by atoms with Gasteiger partial charge in [-0.1, -0.05) is 37.3 Å². The molecule has 0 spiro atoms.